The van der Waals surface area contributed by atoms with Crippen LogP contribution in [-0.2, 0) is 0 Å². The molecule has 114 valence electrons. The summed E-state index contributed by atoms with van der Waals surface area (Å²) in [6, 6.07) is 3.34. The van der Waals surface area contributed by atoms with Gasteiger partial charge in [-0.2, -0.15) is 4.39 Å². The van der Waals surface area contributed by atoms with Crippen LogP contribution in [0.15, 0.2) is 18.2 Å². The average molecular weight is 294 g/mol. The maximum Gasteiger partial charge on any atom is 0.304 e. The molecule has 0 bridgehead atoms. The molecule has 2 rings (SSSR count). The van der Waals surface area contributed by atoms with Crippen molar-refractivity contribution in [3.8, 4) is 0 Å². The summed E-state index contributed by atoms with van der Waals surface area (Å²) in [6.45, 7) is 3.47. The van der Waals surface area contributed by atoms with E-state index in [1.54, 1.807) is 4.90 Å². The van der Waals surface area contributed by atoms with Crippen LogP contribution >= 0.6 is 0 Å². The smallest absolute Gasteiger partial charge is 0.304 e. The second-order valence-electron chi connectivity index (χ2n) is 5.42. The molecule has 1 aliphatic rings. The molecule has 1 fully saturated rings. The Morgan fingerprint density at radius 3 is 2.81 bits per heavy atom. The maximum absolute atomic E-state index is 13.6. The molecule has 1 aromatic rings. The number of carbonyl (C=O) groups excluding carboxylic acids is 1. The molecular weight excluding hydrogens is 275 g/mol. The third-order valence-electron chi connectivity index (χ3n) is 4.10. The van der Waals surface area contributed by atoms with Crippen LogP contribution in [0.3, 0.4) is 0 Å². The lowest BCUT2D eigenvalue weighted by molar-refractivity contribution is -0.387. The number of nitrogens with zero attached hydrogens (tertiary/aromatic N) is 2. The Kier molecular flexibility index (Phi) is 4.88. The number of nitro benzene ring substituents is 1. The van der Waals surface area contributed by atoms with Crippen molar-refractivity contribution in [2.75, 3.05) is 13.1 Å². The normalized spacial score (nSPS) is 19.1. The molecule has 0 saturated carbocycles. The second kappa shape index (κ2) is 6.65. The van der Waals surface area contributed by atoms with Gasteiger partial charge in [-0.3, -0.25) is 14.9 Å². The highest BCUT2D eigenvalue weighted by Crippen LogP contribution is 2.23. The molecule has 1 atom stereocenters. The van der Waals surface area contributed by atoms with Crippen molar-refractivity contribution in [2.45, 2.75) is 32.6 Å². The molecule has 1 aliphatic heterocycles. The molecule has 1 saturated heterocycles. The van der Waals surface area contributed by atoms with Gasteiger partial charge >= 0.3 is 5.69 Å². The van der Waals surface area contributed by atoms with E-state index in [-0.39, 0.29) is 11.5 Å². The number of hydrogen-bond acceptors (Lipinski definition) is 3. The Hall–Kier alpha value is -1.98. The third-order valence-corrected chi connectivity index (χ3v) is 4.10. The van der Waals surface area contributed by atoms with Gasteiger partial charge in [-0.05, 0) is 37.3 Å². The van der Waals surface area contributed by atoms with Crippen LogP contribution in [0.1, 0.15) is 43.0 Å². The van der Waals surface area contributed by atoms with Crippen LogP contribution in [0.25, 0.3) is 0 Å². The van der Waals surface area contributed by atoms with E-state index in [0.717, 1.165) is 37.8 Å². The molecule has 0 aliphatic carbocycles. The number of nitro groups is 1. The van der Waals surface area contributed by atoms with Crippen LogP contribution in [0.4, 0.5) is 10.1 Å². The van der Waals surface area contributed by atoms with Crippen molar-refractivity contribution >= 4 is 11.6 Å². The topological polar surface area (TPSA) is 63.5 Å². The first-order valence-corrected chi connectivity index (χ1v) is 7.26. The number of hydrogen-bond donors (Lipinski definition) is 0. The standard InChI is InChI=1S/C15H19FN2O3/c1-2-11-4-3-8-17(9-7-11)15(19)12-5-6-14(18(20)21)13(16)10-12/h5-6,10-11H,2-4,7-9H2,1H3. The molecule has 0 spiro atoms. The van der Waals surface area contributed by atoms with E-state index in [1.807, 2.05) is 0 Å². The average Bonchev–Trinajstić information content (AvgIpc) is 2.71. The summed E-state index contributed by atoms with van der Waals surface area (Å²) in [6.07, 6.45) is 4.11. The van der Waals surface area contributed by atoms with Crippen molar-refractivity contribution in [3.05, 3.63) is 39.7 Å². The largest absolute Gasteiger partial charge is 0.339 e. The van der Waals surface area contributed by atoms with Gasteiger partial charge in [0.15, 0.2) is 0 Å². The molecule has 0 N–H and O–H groups in total. The molecule has 1 aromatic carbocycles. The summed E-state index contributed by atoms with van der Waals surface area (Å²) < 4.78 is 13.6. The highest BCUT2D eigenvalue weighted by Gasteiger charge is 2.23. The predicted octanol–water partition coefficient (Wildman–Crippen LogP) is 3.39. The summed E-state index contributed by atoms with van der Waals surface area (Å²) in [5, 5.41) is 10.6. The number of carbonyl (C=O) groups is 1. The van der Waals surface area contributed by atoms with Crippen molar-refractivity contribution < 1.29 is 14.1 Å². The minimum atomic E-state index is -0.966. The maximum atomic E-state index is 13.6. The molecule has 0 radical (unpaired) electrons. The highest BCUT2D eigenvalue weighted by molar-refractivity contribution is 5.94. The van der Waals surface area contributed by atoms with Crippen molar-refractivity contribution in [1.82, 2.24) is 4.90 Å². The number of benzene rings is 1. The molecule has 1 amide bonds. The molecule has 0 aromatic heterocycles. The fraction of sp³-hybridized carbons (Fsp3) is 0.533. The summed E-state index contributed by atoms with van der Waals surface area (Å²) in [5.41, 5.74) is -0.429. The lowest BCUT2D eigenvalue weighted by Gasteiger charge is -2.20. The first-order valence-electron chi connectivity index (χ1n) is 7.26. The SMILES string of the molecule is CCC1CCCN(C(=O)c2ccc([N+](=O)[O-])c(F)c2)CC1. The molecule has 1 heterocycles. The molecule has 5 nitrogen and oxygen atoms in total. The number of rotatable bonds is 3. The zero-order valence-electron chi connectivity index (χ0n) is 12.0. The fourth-order valence-corrected chi connectivity index (χ4v) is 2.75. The predicted molar refractivity (Wildman–Crippen MR) is 76.6 cm³/mol. The zero-order chi connectivity index (χ0) is 15.4. The van der Waals surface area contributed by atoms with Crippen molar-refractivity contribution in [3.63, 3.8) is 0 Å². The third kappa shape index (κ3) is 3.56. The number of amides is 1. The van der Waals surface area contributed by atoms with E-state index >= 15 is 0 Å². The van der Waals surface area contributed by atoms with Crippen LogP contribution in [0, 0.1) is 21.8 Å². The minimum absolute atomic E-state index is 0.174. The van der Waals surface area contributed by atoms with Crippen molar-refractivity contribution in [1.29, 1.82) is 0 Å². The summed E-state index contributed by atoms with van der Waals surface area (Å²) in [4.78, 5) is 23.9. The monoisotopic (exact) mass is 294 g/mol. The second-order valence-corrected chi connectivity index (χ2v) is 5.42. The van der Waals surface area contributed by atoms with Gasteiger partial charge in [0.25, 0.3) is 5.91 Å². The van der Waals surface area contributed by atoms with Crippen LogP contribution in [0.2, 0.25) is 0 Å². The van der Waals surface area contributed by atoms with E-state index in [1.165, 1.54) is 6.07 Å². The van der Waals surface area contributed by atoms with E-state index in [2.05, 4.69) is 6.92 Å². The molecular formula is C15H19FN2O3. The molecule has 1 unspecified atom stereocenters. The lowest BCUT2D eigenvalue weighted by atomic mass is 9.98. The minimum Gasteiger partial charge on any atom is -0.339 e. The van der Waals surface area contributed by atoms with Gasteiger partial charge in [0.1, 0.15) is 0 Å². The van der Waals surface area contributed by atoms with Gasteiger partial charge in [0.05, 0.1) is 4.92 Å². The van der Waals surface area contributed by atoms with E-state index < -0.39 is 16.4 Å². The summed E-state index contributed by atoms with van der Waals surface area (Å²) in [5.74, 6) is -0.580. The first-order chi connectivity index (χ1) is 10.0. The summed E-state index contributed by atoms with van der Waals surface area (Å²) in [7, 11) is 0. The van der Waals surface area contributed by atoms with Crippen LogP contribution in [0.5, 0.6) is 0 Å². The quantitative estimate of drug-likeness (QED) is 0.634. The molecule has 21 heavy (non-hydrogen) atoms. The number of halogens is 1. The Balaban J connectivity index is 2.12. The fourth-order valence-electron chi connectivity index (χ4n) is 2.75. The Bertz CT molecular complexity index is 548. The lowest BCUT2D eigenvalue weighted by Crippen LogP contribution is -2.32. The Labute approximate surface area is 122 Å². The highest BCUT2D eigenvalue weighted by atomic mass is 19.1. The molecule has 6 heteroatoms. The van der Waals surface area contributed by atoms with Gasteiger partial charge in [0, 0.05) is 24.7 Å². The van der Waals surface area contributed by atoms with Crippen molar-refractivity contribution in [2.24, 2.45) is 5.92 Å². The van der Waals surface area contributed by atoms with E-state index in [4.69, 9.17) is 0 Å². The zero-order valence-corrected chi connectivity index (χ0v) is 12.0. The van der Waals surface area contributed by atoms with Gasteiger partial charge in [-0.1, -0.05) is 13.3 Å². The van der Waals surface area contributed by atoms with Crippen LogP contribution in [-0.4, -0.2) is 28.8 Å². The van der Waals surface area contributed by atoms with Gasteiger partial charge in [-0.15, -0.1) is 0 Å². The van der Waals surface area contributed by atoms with Gasteiger partial charge in [0.2, 0.25) is 5.82 Å². The number of likely N-dealkylation sites (tertiary alicyclic amines) is 1. The Morgan fingerprint density at radius 2 is 2.19 bits per heavy atom. The first kappa shape index (κ1) is 15.4. The summed E-state index contributed by atoms with van der Waals surface area (Å²) >= 11 is 0. The Morgan fingerprint density at radius 1 is 1.43 bits per heavy atom. The van der Waals surface area contributed by atoms with E-state index in [9.17, 15) is 19.3 Å². The van der Waals surface area contributed by atoms with Crippen LogP contribution < -0.4 is 0 Å². The van der Waals surface area contributed by atoms with Gasteiger partial charge in [-0.25, -0.2) is 0 Å². The van der Waals surface area contributed by atoms with E-state index in [0.29, 0.717) is 19.0 Å². The van der Waals surface area contributed by atoms with Gasteiger partial charge < -0.3 is 4.90 Å².